The second-order valence-electron chi connectivity index (χ2n) is 7.82. The summed E-state index contributed by atoms with van der Waals surface area (Å²) in [6.45, 7) is 6.67. The van der Waals surface area contributed by atoms with Crippen molar-refractivity contribution < 1.29 is 9.59 Å². The van der Waals surface area contributed by atoms with E-state index < -0.39 is 0 Å². The Bertz CT molecular complexity index is 766. The van der Waals surface area contributed by atoms with Crippen molar-refractivity contribution in [1.29, 1.82) is 0 Å². The zero-order chi connectivity index (χ0) is 19.9. The highest BCUT2D eigenvalue weighted by Crippen LogP contribution is 2.27. The zero-order valence-corrected chi connectivity index (χ0v) is 16.9. The lowest BCUT2D eigenvalue weighted by molar-refractivity contribution is -0.141. The summed E-state index contributed by atoms with van der Waals surface area (Å²) in [4.78, 5) is 29.5. The average molecular weight is 379 g/mol. The first kappa shape index (κ1) is 20.1. The van der Waals surface area contributed by atoms with Crippen LogP contribution in [0.2, 0.25) is 0 Å². The highest BCUT2D eigenvalue weighted by molar-refractivity contribution is 5.84. The minimum Gasteiger partial charge on any atom is -0.339 e. The second kappa shape index (κ2) is 9.54. The summed E-state index contributed by atoms with van der Waals surface area (Å²) in [5, 5.41) is 0. The van der Waals surface area contributed by atoms with Crippen molar-refractivity contribution in [3.8, 4) is 0 Å². The molecule has 0 radical (unpaired) electrons. The van der Waals surface area contributed by atoms with E-state index in [0.29, 0.717) is 32.6 Å². The number of rotatable bonds is 6. The normalized spacial score (nSPS) is 15.5. The molecule has 0 N–H and O–H groups in total. The lowest BCUT2D eigenvalue weighted by atomic mass is 9.87. The monoisotopic (exact) mass is 378 g/mol. The van der Waals surface area contributed by atoms with Gasteiger partial charge in [-0.1, -0.05) is 74.5 Å². The lowest BCUT2D eigenvalue weighted by Crippen LogP contribution is -2.52. The summed E-state index contributed by atoms with van der Waals surface area (Å²) < 4.78 is 0. The van der Waals surface area contributed by atoms with Gasteiger partial charge in [-0.2, -0.15) is 0 Å². The predicted octanol–water partition coefficient (Wildman–Crippen LogP) is 3.73. The molecule has 0 saturated carbocycles. The van der Waals surface area contributed by atoms with E-state index in [2.05, 4.69) is 26.0 Å². The van der Waals surface area contributed by atoms with Gasteiger partial charge in [0.15, 0.2) is 0 Å². The minimum atomic E-state index is -0.124. The van der Waals surface area contributed by atoms with Crippen molar-refractivity contribution in [2.75, 3.05) is 26.2 Å². The standard InChI is InChI=1S/C24H30N2O2/c1-19(2)23(21-11-7-4-8-12-21)24(28)26-17-15-25(16-18-26)22(27)14-13-20-9-5-3-6-10-20/h3-12,19,23H,13-18H2,1-2H3. The molecule has 4 nitrogen and oxygen atoms in total. The molecule has 4 heteroatoms. The van der Waals surface area contributed by atoms with Gasteiger partial charge in [0.1, 0.15) is 0 Å². The first-order valence-electron chi connectivity index (χ1n) is 10.2. The first-order chi connectivity index (χ1) is 13.6. The molecule has 0 aliphatic carbocycles. The molecule has 3 rings (SSSR count). The molecule has 2 aromatic rings. The van der Waals surface area contributed by atoms with E-state index in [-0.39, 0.29) is 23.7 Å². The molecule has 2 amide bonds. The largest absolute Gasteiger partial charge is 0.339 e. The lowest BCUT2D eigenvalue weighted by Gasteiger charge is -2.37. The van der Waals surface area contributed by atoms with Crippen molar-refractivity contribution in [1.82, 2.24) is 9.80 Å². The molecule has 1 heterocycles. The molecule has 0 spiro atoms. The first-order valence-corrected chi connectivity index (χ1v) is 10.2. The predicted molar refractivity (Wildman–Crippen MR) is 112 cm³/mol. The fraction of sp³-hybridized carbons (Fsp3) is 0.417. The van der Waals surface area contributed by atoms with Crippen LogP contribution in [-0.2, 0) is 16.0 Å². The number of piperazine rings is 1. The van der Waals surface area contributed by atoms with Crippen LogP contribution in [0.3, 0.4) is 0 Å². The highest BCUT2D eigenvalue weighted by atomic mass is 16.2. The van der Waals surface area contributed by atoms with E-state index in [4.69, 9.17) is 0 Å². The maximum Gasteiger partial charge on any atom is 0.230 e. The van der Waals surface area contributed by atoms with Crippen molar-refractivity contribution in [3.05, 3.63) is 71.8 Å². The van der Waals surface area contributed by atoms with Gasteiger partial charge in [-0.05, 0) is 23.5 Å². The van der Waals surface area contributed by atoms with Crippen LogP contribution in [0.1, 0.15) is 37.3 Å². The third kappa shape index (κ3) is 5.00. The number of benzene rings is 2. The third-order valence-electron chi connectivity index (χ3n) is 5.51. The maximum absolute atomic E-state index is 13.1. The van der Waals surface area contributed by atoms with E-state index in [1.54, 1.807) is 0 Å². The molecule has 1 unspecified atom stereocenters. The van der Waals surface area contributed by atoms with Gasteiger partial charge < -0.3 is 9.80 Å². The van der Waals surface area contributed by atoms with Crippen LogP contribution in [0.5, 0.6) is 0 Å². The SMILES string of the molecule is CC(C)C(C(=O)N1CCN(C(=O)CCc2ccccc2)CC1)c1ccccc1. The number of carbonyl (C=O) groups is 2. The molecule has 148 valence electrons. The highest BCUT2D eigenvalue weighted by Gasteiger charge is 2.31. The molecule has 1 fully saturated rings. The Hall–Kier alpha value is -2.62. The summed E-state index contributed by atoms with van der Waals surface area (Å²) in [6.07, 6.45) is 1.29. The van der Waals surface area contributed by atoms with Crippen LogP contribution >= 0.6 is 0 Å². The fourth-order valence-electron chi connectivity index (χ4n) is 3.90. The second-order valence-corrected chi connectivity index (χ2v) is 7.82. The molecule has 1 saturated heterocycles. The van der Waals surface area contributed by atoms with E-state index in [1.807, 2.05) is 58.3 Å². The third-order valence-corrected chi connectivity index (χ3v) is 5.51. The van der Waals surface area contributed by atoms with Crippen LogP contribution in [0.15, 0.2) is 60.7 Å². The quantitative estimate of drug-likeness (QED) is 0.768. The molecule has 0 bridgehead atoms. The number of carbonyl (C=O) groups excluding carboxylic acids is 2. The number of hydrogen-bond donors (Lipinski definition) is 0. The molecule has 28 heavy (non-hydrogen) atoms. The van der Waals surface area contributed by atoms with Crippen LogP contribution in [0.4, 0.5) is 0 Å². The summed E-state index contributed by atoms with van der Waals surface area (Å²) >= 11 is 0. The van der Waals surface area contributed by atoms with Crippen molar-refractivity contribution >= 4 is 11.8 Å². The number of aryl methyl sites for hydroxylation is 1. The van der Waals surface area contributed by atoms with Crippen LogP contribution in [0, 0.1) is 5.92 Å². The van der Waals surface area contributed by atoms with Crippen LogP contribution < -0.4 is 0 Å². The van der Waals surface area contributed by atoms with Gasteiger partial charge in [0.25, 0.3) is 0 Å². The maximum atomic E-state index is 13.1. The fourth-order valence-corrected chi connectivity index (χ4v) is 3.90. The Balaban J connectivity index is 1.54. The van der Waals surface area contributed by atoms with Gasteiger partial charge in [0, 0.05) is 32.6 Å². The van der Waals surface area contributed by atoms with Gasteiger partial charge in [-0.15, -0.1) is 0 Å². The van der Waals surface area contributed by atoms with Gasteiger partial charge >= 0.3 is 0 Å². The van der Waals surface area contributed by atoms with E-state index >= 15 is 0 Å². The van der Waals surface area contributed by atoms with Crippen molar-refractivity contribution in [3.63, 3.8) is 0 Å². The number of amides is 2. The van der Waals surface area contributed by atoms with Crippen LogP contribution in [-0.4, -0.2) is 47.8 Å². The minimum absolute atomic E-state index is 0.124. The molecule has 1 aliphatic rings. The number of hydrogen-bond acceptors (Lipinski definition) is 2. The Morgan fingerprint density at radius 3 is 1.93 bits per heavy atom. The molecule has 0 aromatic heterocycles. The summed E-state index contributed by atoms with van der Waals surface area (Å²) in [6, 6.07) is 20.1. The summed E-state index contributed by atoms with van der Waals surface area (Å²) in [7, 11) is 0. The van der Waals surface area contributed by atoms with Gasteiger partial charge in [-0.25, -0.2) is 0 Å². The Kier molecular flexibility index (Phi) is 6.85. The van der Waals surface area contributed by atoms with Gasteiger partial charge in [0.05, 0.1) is 5.92 Å². The molecular formula is C24H30N2O2. The van der Waals surface area contributed by atoms with Crippen molar-refractivity contribution in [2.45, 2.75) is 32.6 Å². The van der Waals surface area contributed by atoms with Gasteiger partial charge in [-0.3, -0.25) is 9.59 Å². The molecule has 2 aromatic carbocycles. The van der Waals surface area contributed by atoms with E-state index in [9.17, 15) is 9.59 Å². The Morgan fingerprint density at radius 2 is 1.36 bits per heavy atom. The smallest absolute Gasteiger partial charge is 0.230 e. The van der Waals surface area contributed by atoms with E-state index in [0.717, 1.165) is 12.0 Å². The summed E-state index contributed by atoms with van der Waals surface area (Å²) in [5.74, 6) is 0.471. The summed E-state index contributed by atoms with van der Waals surface area (Å²) in [5.41, 5.74) is 2.26. The Morgan fingerprint density at radius 1 is 0.821 bits per heavy atom. The Labute approximate surface area is 168 Å². The molecule has 1 atom stereocenters. The van der Waals surface area contributed by atoms with Crippen LogP contribution in [0.25, 0.3) is 0 Å². The zero-order valence-electron chi connectivity index (χ0n) is 16.9. The number of nitrogens with zero attached hydrogens (tertiary/aromatic N) is 2. The van der Waals surface area contributed by atoms with E-state index in [1.165, 1.54) is 5.56 Å². The molecule has 1 aliphatic heterocycles. The molecular weight excluding hydrogens is 348 g/mol. The topological polar surface area (TPSA) is 40.6 Å². The average Bonchev–Trinajstić information content (AvgIpc) is 2.73. The van der Waals surface area contributed by atoms with Crippen molar-refractivity contribution in [2.24, 2.45) is 5.92 Å². The van der Waals surface area contributed by atoms with Gasteiger partial charge in [0.2, 0.25) is 11.8 Å².